The van der Waals surface area contributed by atoms with Crippen LogP contribution in [0, 0.1) is 0 Å². The van der Waals surface area contributed by atoms with Gasteiger partial charge in [0.2, 0.25) is 0 Å². The molecule has 0 heterocycles. The molecule has 0 saturated heterocycles. The van der Waals surface area contributed by atoms with Crippen LogP contribution in [-0.4, -0.2) is 16.6 Å². The Morgan fingerprint density at radius 2 is 1.32 bits per heavy atom. The highest BCUT2D eigenvalue weighted by Gasteiger charge is 2.40. The first-order valence-electron chi connectivity index (χ1n) is 8.24. The lowest BCUT2D eigenvalue weighted by Crippen LogP contribution is -2.47. The van der Waals surface area contributed by atoms with Gasteiger partial charge in [0.25, 0.3) is 8.32 Å². The molecule has 1 N–H and O–H groups in total. The molecular weight excluding hydrogens is 302 g/mol. The van der Waals surface area contributed by atoms with Crippen LogP contribution in [0.4, 0.5) is 5.69 Å². The van der Waals surface area contributed by atoms with Crippen LogP contribution < -0.4 is 9.41 Å². The molecule has 2 nitrogen and oxygen atoms in total. The molecular formula is C18H35NOSi2. The summed E-state index contributed by atoms with van der Waals surface area (Å²) >= 11 is 0. The zero-order valence-corrected chi connectivity index (χ0v) is 18.2. The molecule has 0 bridgehead atoms. The van der Waals surface area contributed by atoms with Gasteiger partial charge < -0.3 is 9.41 Å². The van der Waals surface area contributed by atoms with Crippen LogP contribution in [0.5, 0.6) is 5.75 Å². The molecule has 0 aliphatic heterocycles. The van der Waals surface area contributed by atoms with Crippen molar-refractivity contribution in [1.29, 1.82) is 0 Å². The fourth-order valence-electron chi connectivity index (χ4n) is 1.61. The zero-order chi connectivity index (χ0) is 17.4. The molecule has 126 valence electrons. The molecule has 0 radical (unpaired) electrons. The minimum atomic E-state index is -1.82. The monoisotopic (exact) mass is 337 g/mol. The van der Waals surface area contributed by atoms with Gasteiger partial charge in [0, 0.05) is 0 Å². The summed E-state index contributed by atoms with van der Waals surface area (Å²) in [5.74, 6) is 1.01. The second kappa shape index (κ2) is 6.04. The van der Waals surface area contributed by atoms with E-state index in [2.05, 4.69) is 97.0 Å². The van der Waals surface area contributed by atoms with Gasteiger partial charge in [0.15, 0.2) is 8.24 Å². The summed E-state index contributed by atoms with van der Waals surface area (Å²) < 4.78 is 6.55. The van der Waals surface area contributed by atoms with Crippen LogP contribution in [0.1, 0.15) is 41.5 Å². The van der Waals surface area contributed by atoms with E-state index >= 15 is 0 Å². The van der Waals surface area contributed by atoms with Crippen LogP contribution >= 0.6 is 0 Å². The highest BCUT2D eigenvalue weighted by Crippen LogP contribution is 2.41. The van der Waals surface area contributed by atoms with Crippen LogP contribution in [0.3, 0.4) is 0 Å². The van der Waals surface area contributed by atoms with Gasteiger partial charge in [-0.2, -0.15) is 0 Å². The highest BCUT2D eigenvalue weighted by molar-refractivity contribution is 6.83. The van der Waals surface area contributed by atoms with Crippen molar-refractivity contribution in [2.24, 2.45) is 0 Å². The Labute approximate surface area is 139 Å². The number of para-hydroxylation sites is 2. The molecule has 0 saturated carbocycles. The first-order chi connectivity index (χ1) is 9.67. The van der Waals surface area contributed by atoms with Crippen molar-refractivity contribution in [1.82, 2.24) is 0 Å². The number of hydrogen-bond acceptors (Lipinski definition) is 2. The third-order valence-electron chi connectivity index (χ3n) is 5.38. The van der Waals surface area contributed by atoms with Crippen molar-refractivity contribution < 1.29 is 4.43 Å². The molecule has 0 fully saturated rings. The minimum absolute atomic E-state index is 0.205. The number of anilines is 1. The van der Waals surface area contributed by atoms with Crippen molar-refractivity contribution in [2.45, 2.75) is 77.8 Å². The summed E-state index contributed by atoms with van der Waals surface area (Å²) in [6, 6.07) is 8.42. The van der Waals surface area contributed by atoms with Crippen LogP contribution in [0.25, 0.3) is 0 Å². The van der Waals surface area contributed by atoms with E-state index < -0.39 is 16.6 Å². The van der Waals surface area contributed by atoms with Crippen molar-refractivity contribution in [3.63, 3.8) is 0 Å². The molecule has 22 heavy (non-hydrogen) atoms. The highest BCUT2D eigenvalue weighted by atomic mass is 28.4. The summed E-state index contributed by atoms with van der Waals surface area (Å²) in [5, 5.41) is 0.494. The van der Waals surface area contributed by atoms with Crippen molar-refractivity contribution >= 4 is 22.2 Å². The lowest BCUT2D eigenvalue weighted by Gasteiger charge is -2.40. The van der Waals surface area contributed by atoms with E-state index in [9.17, 15) is 0 Å². The summed E-state index contributed by atoms with van der Waals surface area (Å²) in [7, 11) is -3.44. The Hall–Kier alpha value is -0.746. The largest absolute Gasteiger partial charge is 0.542 e. The fourth-order valence-corrected chi connectivity index (χ4v) is 3.90. The zero-order valence-electron chi connectivity index (χ0n) is 16.2. The molecule has 0 atom stereocenters. The second-order valence-electron chi connectivity index (χ2n) is 9.36. The van der Waals surface area contributed by atoms with E-state index in [1.54, 1.807) is 0 Å². The Bertz CT molecular complexity index is 464. The lowest BCUT2D eigenvalue weighted by atomic mass is 10.2. The second-order valence-corrected chi connectivity index (χ2v) is 19.1. The van der Waals surface area contributed by atoms with Gasteiger partial charge in [-0.3, -0.25) is 0 Å². The van der Waals surface area contributed by atoms with Crippen molar-refractivity contribution in [3.05, 3.63) is 24.3 Å². The number of hydrogen-bond donors (Lipinski definition) is 1. The molecule has 4 heteroatoms. The fraction of sp³-hybridized carbons (Fsp3) is 0.667. The molecule has 1 aromatic rings. The van der Waals surface area contributed by atoms with Gasteiger partial charge in [-0.05, 0) is 35.3 Å². The molecule has 0 amide bonds. The van der Waals surface area contributed by atoms with Crippen molar-refractivity contribution in [2.75, 3.05) is 4.98 Å². The third-order valence-corrected chi connectivity index (χ3v) is 14.4. The average Bonchev–Trinajstić information content (AvgIpc) is 2.28. The SMILES string of the molecule is CC(C)(C)[Si](C)(C)Nc1ccccc1O[Si](C)(C)C(C)(C)C. The Kier molecular flexibility index (Phi) is 5.30. The van der Waals surface area contributed by atoms with Crippen LogP contribution in [-0.2, 0) is 0 Å². The maximum absolute atomic E-state index is 6.55. The topological polar surface area (TPSA) is 21.3 Å². The molecule has 0 aromatic heterocycles. The number of benzene rings is 1. The average molecular weight is 338 g/mol. The molecule has 0 unspecified atom stereocenters. The Morgan fingerprint density at radius 1 is 0.818 bits per heavy atom. The van der Waals surface area contributed by atoms with E-state index in [-0.39, 0.29) is 10.1 Å². The van der Waals surface area contributed by atoms with Gasteiger partial charge in [-0.25, -0.2) is 0 Å². The van der Waals surface area contributed by atoms with E-state index in [1.807, 2.05) is 0 Å². The summed E-state index contributed by atoms with van der Waals surface area (Å²) in [4.78, 5) is 3.84. The number of nitrogens with one attached hydrogen (secondary N) is 1. The van der Waals surface area contributed by atoms with Gasteiger partial charge >= 0.3 is 0 Å². The molecule has 0 aliphatic carbocycles. The van der Waals surface area contributed by atoms with Crippen molar-refractivity contribution in [3.8, 4) is 5.75 Å². The summed E-state index contributed by atoms with van der Waals surface area (Å²) in [5.41, 5.74) is 1.15. The maximum atomic E-state index is 6.55. The van der Waals surface area contributed by atoms with Crippen LogP contribution in [0.15, 0.2) is 24.3 Å². The Balaban J connectivity index is 3.12. The lowest BCUT2D eigenvalue weighted by molar-refractivity contribution is 0.494. The van der Waals surface area contributed by atoms with E-state index in [1.165, 1.54) is 0 Å². The van der Waals surface area contributed by atoms with Gasteiger partial charge in [0.1, 0.15) is 5.75 Å². The maximum Gasteiger partial charge on any atom is 0.250 e. The van der Waals surface area contributed by atoms with E-state index in [0.29, 0.717) is 0 Å². The first-order valence-corrected chi connectivity index (χ1v) is 14.1. The van der Waals surface area contributed by atoms with Crippen LogP contribution in [0.2, 0.25) is 36.3 Å². The van der Waals surface area contributed by atoms with E-state index in [4.69, 9.17) is 4.43 Å². The summed E-state index contributed by atoms with van der Waals surface area (Å²) in [6.07, 6.45) is 0. The van der Waals surface area contributed by atoms with E-state index in [0.717, 1.165) is 11.4 Å². The predicted molar refractivity (Wildman–Crippen MR) is 105 cm³/mol. The minimum Gasteiger partial charge on any atom is -0.542 e. The Morgan fingerprint density at radius 3 is 1.77 bits per heavy atom. The standard InChI is InChI=1S/C18H35NOSi2/c1-17(2,3)21(7,8)19-15-13-11-12-14-16(15)20-22(9,10)18(4,5)6/h11-14,19H,1-10H3. The smallest absolute Gasteiger partial charge is 0.250 e. The van der Waals surface area contributed by atoms with Gasteiger partial charge in [-0.15, -0.1) is 0 Å². The normalized spacial score (nSPS) is 13.9. The molecule has 0 aliphatic rings. The molecule has 1 aromatic carbocycles. The van der Waals surface area contributed by atoms with Gasteiger partial charge in [0.05, 0.1) is 5.69 Å². The third kappa shape index (κ3) is 4.38. The van der Waals surface area contributed by atoms with Gasteiger partial charge in [-0.1, -0.05) is 66.8 Å². The first kappa shape index (κ1) is 19.3. The summed E-state index contributed by atoms with van der Waals surface area (Å²) in [6.45, 7) is 23.2. The quantitative estimate of drug-likeness (QED) is 0.634. The molecule has 1 rings (SSSR count). The predicted octanol–water partition coefficient (Wildman–Crippen LogP) is 6.49. The molecule has 0 spiro atoms. The number of rotatable bonds is 4.